The molecule has 2 N–H and O–H groups in total. The standard InChI is InChI=1S/C23H25N3O4/c1-16-11-13-23(14-12-16)21(28)26(22(29)24-23)25-20(27)15-30-19-10-6-5-9-18(19)17-7-3-2-4-8-17/h2-10,16H,11-15H2,1H3,(H,24,29)(H,25,27). The van der Waals surface area contributed by atoms with E-state index in [4.69, 9.17) is 4.74 Å². The number of imide groups is 1. The number of nitrogens with zero attached hydrogens (tertiary/aromatic N) is 1. The van der Waals surface area contributed by atoms with Crippen LogP contribution >= 0.6 is 0 Å². The van der Waals surface area contributed by atoms with E-state index in [1.165, 1.54) is 0 Å². The van der Waals surface area contributed by atoms with Crippen molar-refractivity contribution in [3.63, 3.8) is 0 Å². The normalized spacial score (nSPS) is 23.4. The summed E-state index contributed by atoms with van der Waals surface area (Å²) in [6, 6.07) is 16.5. The highest BCUT2D eigenvalue weighted by molar-refractivity contribution is 6.08. The van der Waals surface area contributed by atoms with Crippen molar-refractivity contribution in [2.24, 2.45) is 5.92 Å². The number of para-hydroxylation sites is 1. The molecular weight excluding hydrogens is 382 g/mol. The molecule has 1 spiro atoms. The molecular formula is C23H25N3O4. The number of ether oxygens (including phenoxy) is 1. The maximum absolute atomic E-state index is 12.8. The van der Waals surface area contributed by atoms with Crippen LogP contribution in [0.25, 0.3) is 11.1 Å². The molecule has 1 heterocycles. The Morgan fingerprint density at radius 2 is 1.77 bits per heavy atom. The summed E-state index contributed by atoms with van der Waals surface area (Å²) in [5.41, 5.74) is 3.33. The number of nitrogens with one attached hydrogen (secondary N) is 2. The molecule has 7 nitrogen and oxygen atoms in total. The fraction of sp³-hybridized carbons (Fsp3) is 0.348. The second-order valence-corrected chi connectivity index (χ2v) is 8.02. The van der Waals surface area contributed by atoms with Crippen molar-refractivity contribution in [2.45, 2.75) is 38.1 Å². The molecule has 1 aliphatic carbocycles. The number of carbonyl (C=O) groups excluding carboxylic acids is 3. The Morgan fingerprint density at radius 3 is 2.50 bits per heavy atom. The summed E-state index contributed by atoms with van der Waals surface area (Å²) in [5, 5.41) is 3.58. The Bertz CT molecular complexity index is 952. The van der Waals surface area contributed by atoms with Gasteiger partial charge in [-0.25, -0.2) is 4.79 Å². The lowest BCUT2D eigenvalue weighted by Crippen LogP contribution is -2.52. The first kappa shape index (κ1) is 19.9. The lowest BCUT2D eigenvalue weighted by atomic mass is 9.77. The monoisotopic (exact) mass is 407 g/mol. The molecule has 2 fully saturated rings. The zero-order valence-corrected chi connectivity index (χ0v) is 16.9. The zero-order valence-electron chi connectivity index (χ0n) is 16.9. The fourth-order valence-electron chi connectivity index (χ4n) is 4.06. The van der Waals surface area contributed by atoms with Gasteiger partial charge in [0, 0.05) is 5.56 Å². The van der Waals surface area contributed by atoms with Gasteiger partial charge in [0.05, 0.1) is 0 Å². The van der Waals surface area contributed by atoms with Crippen molar-refractivity contribution >= 4 is 17.8 Å². The Balaban J connectivity index is 1.39. The molecule has 7 heteroatoms. The van der Waals surface area contributed by atoms with Crippen molar-refractivity contribution in [3.8, 4) is 16.9 Å². The molecule has 1 saturated carbocycles. The number of amides is 4. The van der Waals surface area contributed by atoms with E-state index in [1.807, 2.05) is 48.5 Å². The van der Waals surface area contributed by atoms with Crippen molar-refractivity contribution in [1.82, 2.24) is 15.8 Å². The van der Waals surface area contributed by atoms with E-state index in [0.29, 0.717) is 24.5 Å². The molecule has 0 radical (unpaired) electrons. The van der Waals surface area contributed by atoms with E-state index < -0.39 is 23.4 Å². The number of hydrazine groups is 1. The van der Waals surface area contributed by atoms with Gasteiger partial charge in [-0.15, -0.1) is 0 Å². The third-order valence-corrected chi connectivity index (χ3v) is 5.86. The summed E-state index contributed by atoms with van der Waals surface area (Å²) in [4.78, 5) is 37.6. The molecule has 4 rings (SSSR count). The van der Waals surface area contributed by atoms with Crippen molar-refractivity contribution < 1.29 is 19.1 Å². The van der Waals surface area contributed by atoms with E-state index in [-0.39, 0.29) is 6.61 Å². The average molecular weight is 407 g/mol. The van der Waals surface area contributed by atoms with E-state index in [2.05, 4.69) is 17.7 Å². The second kappa shape index (κ2) is 8.18. The highest BCUT2D eigenvalue weighted by atomic mass is 16.5. The van der Waals surface area contributed by atoms with Gasteiger partial charge in [-0.05, 0) is 43.2 Å². The predicted molar refractivity (Wildman–Crippen MR) is 111 cm³/mol. The first-order valence-electron chi connectivity index (χ1n) is 10.2. The summed E-state index contributed by atoms with van der Waals surface area (Å²) in [7, 11) is 0. The van der Waals surface area contributed by atoms with Crippen molar-refractivity contribution in [1.29, 1.82) is 0 Å². The van der Waals surface area contributed by atoms with Crippen molar-refractivity contribution in [3.05, 3.63) is 54.6 Å². The van der Waals surface area contributed by atoms with Crippen LogP contribution in [-0.2, 0) is 9.59 Å². The summed E-state index contributed by atoms with van der Waals surface area (Å²) >= 11 is 0. The summed E-state index contributed by atoms with van der Waals surface area (Å²) in [6.45, 7) is 1.82. The summed E-state index contributed by atoms with van der Waals surface area (Å²) < 4.78 is 5.70. The van der Waals surface area contributed by atoms with Crippen LogP contribution in [-0.4, -0.2) is 35.0 Å². The molecule has 2 aromatic carbocycles. The van der Waals surface area contributed by atoms with Crippen LogP contribution in [0.4, 0.5) is 4.79 Å². The number of hydrogen-bond acceptors (Lipinski definition) is 4. The SMILES string of the molecule is CC1CCC2(CC1)NC(=O)N(NC(=O)COc1ccccc1-c1ccccc1)C2=O. The van der Waals surface area contributed by atoms with Gasteiger partial charge in [-0.1, -0.05) is 55.5 Å². The van der Waals surface area contributed by atoms with Gasteiger partial charge in [-0.3, -0.25) is 15.0 Å². The van der Waals surface area contributed by atoms with Crippen LogP contribution in [0.1, 0.15) is 32.6 Å². The lowest BCUT2D eigenvalue weighted by molar-refractivity contribution is -0.140. The number of hydrogen-bond donors (Lipinski definition) is 2. The molecule has 1 saturated heterocycles. The van der Waals surface area contributed by atoms with Crippen LogP contribution in [0.15, 0.2) is 54.6 Å². The molecule has 0 bridgehead atoms. The molecule has 156 valence electrons. The second-order valence-electron chi connectivity index (χ2n) is 8.02. The third kappa shape index (κ3) is 3.87. The maximum Gasteiger partial charge on any atom is 0.344 e. The average Bonchev–Trinajstić information content (AvgIpc) is 2.99. The fourth-order valence-corrected chi connectivity index (χ4v) is 4.06. The van der Waals surface area contributed by atoms with Crippen LogP contribution in [0.3, 0.4) is 0 Å². The van der Waals surface area contributed by atoms with Crippen LogP contribution in [0.2, 0.25) is 0 Å². The Hall–Kier alpha value is -3.35. The molecule has 0 atom stereocenters. The first-order chi connectivity index (χ1) is 14.5. The van der Waals surface area contributed by atoms with Crippen molar-refractivity contribution in [2.75, 3.05) is 6.61 Å². The summed E-state index contributed by atoms with van der Waals surface area (Å²) in [5.74, 6) is 0.121. The molecule has 1 aliphatic heterocycles. The number of urea groups is 1. The topological polar surface area (TPSA) is 87.7 Å². The molecule has 30 heavy (non-hydrogen) atoms. The van der Waals surface area contributed by atoms with E-state index in [1.54, 1.807) is 6.07 Å². The highest BCUT2D eigenvalue weighted by Crippen LogP contribution is 2.35. The van der Waals surface area contributed by atoms with Crippen LogP contribution in [0.5, 0.6) is 5.75 Å². The Morgan fingerprint density at radius 1 is 1.10 bits per heavy atom. The van der Waals surface area contributed by atoms with E-state index >= 15 is 0 Å². The van der Waals surface area contributed by atoms with E-state index in [0.717, 1.165) is 29.0 Å². The summed E-state index contributed by atoms with van der Waals surface area (Å²) in [6.07, 6.45) is 2.92. The van der Waals surface area contributed by atoms with Gasteiger partial charge in [0.15, 0.2) is 6.61 Å². The first-order valence-corrected chi connectivity index (χ1v) is 10.2. The Kier molecular flexibility index (Phi) is 5.44. The van der Waals surface area contributed by atoms with Gasteiger partial charge in [0.25, 0.3) is 11.8 Å². The molecule has 0 aromatic heterocycles. The van der Waals surface area contributed by atoms with Crippen LogP contribution < -0.4 is 15.5 Å². The van der Waals surface area contributed by atoms with Gasteiger partial charge >= 0.3 is 6.03 Å². The number of rotatable bonds is 5. The molecule has 2 aliphatic rings. The molecule has 0 unspecified atom stereocenters. The number of benzene rings is 2. The Labute approximate surface area is 175 Å². The zero-order chi connectivity index (χ0) is 21.1. The maximum atomic E-state index is 12.8. The largest absolute Gasteiger partial charge is 0.483 e. The van der Waals surface area contributed by atoms with Gasteiger partial charge in [0.2, 0.25) is 0 Å². The van der Waals surface area contributed by atoms with Gasteiger partial charge in [-0.2, -0.15) is 5.01 Å². The molecule has 4 amide bonds. The highest BCUT2D eigenvalue weighted by Gasteiger charge is 2.52. The molecule has 2 aromatic rings. The minimum absolute atomic E-state index is 0.315. The third-order valence-electron chi connectivity index (χ3n) is 5.86. The number of carbonyl (C=O) groups is 3. The lowest BCUT2D eigenvalue weighted by Gasteiger charge is -2.33. The minimum atomic E-state index is -0.891. The quantitative estimate of drug-likeness (QED) is 0.745. The van der Waals surface area contributed by atoms with Crippen LogP contribution in [0, 0.1) is 5.92 Å². The van der Waals surface area contributed by atoms with E-state index in [9.17, 15) is 14.4 Å². The smallest absolute Gasteiger partial charge is 0.344 e. The van der Waals surface area contributed by atoms with Gasteiger partial charge in [0.1, 0.15) is 11.3 Å². The predicted octanol–water partition coefficient (Wildman–Crippen LogP) is 3.26. The van der Waals surface area contributed by atoms with Gasteiger partial charge < -0.3 is 10.1 Å². The minimum Gasteiger partial charge on any atom is -0.483 e.